The third kappa shape index (κ3) is 5.10. The molecule has 1 N–H and O–H groups in total. The van der Waals surface area contributed by atoms with E-state index >= 15 is 0 Å². The Bertz CT molecular complexity index is 251. The minimum atomic E-state index is 0.488. The van der Waals surface area contributed by atoms with Crippen molar-refractivity contribution in [2.75, 3.05) is 6.54 Å². The van der Waals surface area contributed by atoms with Crippen LogP contribution in [0.1, 0.15) is 74.1 Å². The van der Waals surface area contributed by atoms with E-state index in [4.69, 9.17) is 0 Å². The molecule has 1 heteroatoms. The van der Waals surface area contributed by atoms with Crippen LogP contribution in [-0.2, 0) is 0 Å². The third-order valence-corrected chi connectivity index (χ3v) is 5.44. The van der Waals surface area contributed by atoms with Gasteiger partial charge in [0.1, 0.15) is 0 Å². The van der Waals surface area contributed by atoms with Crippen LogP contribution in [0, 0.1) is 29.1 Å². The first-order chi connectivity index (χ1) is 8.75. The van der Waals surface area contributed by atoms with Gasteiger partial charge in [-0.3, -0.25) is 0 Å². The number of hydrogen-bond donors (Lipinski definition) is 1. The molecule has 0 heterocycles. The molecule has 4 atom stereocenters. The second-order valence-electron chi connectivity index (χ2n) is 8.25. The summed E-state index contributed by atoms with van der Waals surface area (Å²) in [5.74, 6) is 3.62. The lowest BCUT2D eigenvalue weighted by atomic mass is 9.62. The maximum absolute atomic E-state index is 3.68. The van der Waals surface area contributed by atoms with Crippen molar-refractivity contribution in [2.45, 2.75) is 80.2 Å². The molecule has 0 aromatic carbocycles. The lowest BCUT2D eigenvalue weighted by molar-refractivity contribution is 0.0661. The maximum Gasteiger partial charge on any atom is 0.00104 e. The molecule has 1 saturated carbocycles. The Morgan fingerprint density at radius 3 is 2.21 bits per heavy atom. The highest BCUT2D eigenvalue weighted by Crippen LogP contribution is 2.45. The lowest BCUT2D eigenvalue weighted by Crippen LogP contribution is -2.40. The second kappa shape index (κ2) is 7.11. The predicted octanol–water partition coefficient (Wildman–Crippen LogP) is 5.11. The van der Waals surface area contributed by atoms with Crippen LogP contribution in [0.2, 0.25) is 0 Å². The molecule has 1 aliphatic rings. The van der Waals surface area contributed by atoms with Crippen molar-refractivity contribution in [1.82, 2.24) is 5.32 Å². The number of hydrogen-bond acceptors (Lipinski definition) is 1. The summed E-state index contributed by atoms with van der Waals surface area (Å²) >= 11 is 0. The van der Waals surface area contributed by atoms with Gasteiger partial charge in [-0.1, -0.05) is 54.9 Å². The quantitative estimate of drug-likeness (QED) is 0.730. The van der Waals surface area contributed by atoms with Gasteiger partial charge in [0, 0.05) is 6.04 Å². The van der Waals surface area contributed by atoms with Crippen LogP contribution in [0.5, 0.6) is 0 Å². The summed E-state index contributed by atoms with van der Waals surface area (Å²) in [4.78, 5) is 0. The first-order valence-corrected chi connectivity index (χ1v) is 8.49. The fourth-order valence-corrected chi connectivity index (χ4v) is 3.69. The molecule has 1 fully saturated rings. The van der Waals surface area contributed by atoms with Crippen LogP contribution >= 0.6 is 0 Å². The normalized spacial score (nSPS) is 30.6. The molecule has 4 unspecified atom stereocenters. The van der Waals surface area contributed by atoms with Crippen LogP contribution in [0.15, 0.2) is 0 Å². The van der Waals surface area contributed by atoms with Gasteiger partial charge >= 0.3 is 0 Å². The Kier molecular flexibility index (Phi) is 6.36. The number of nitrogens with one attached hydrogen (secondary N) is 1. The van der Waals surface area contributed by atoms with Crippen molar-refractivity contribution in [1.29, 1.82) is 0 Å². The fourth-order valence-electron chi connectivity index (χ4n) is 3.69. The van der Waals surface area contributed by atoms with Crippen LogP contribution in [0.3, 0.4) is 0 Å². The largest absolute Gasteiger partial charge is 0.314 e. The summed E-state index contributed by atoms with van der Waals surface area (Å²) in [5.41, 5.74) is 0.488. The van der Waals surface area contributed by atoms with Crippen molar-refractivity contribution >= 4 is 0 Å². The topological polar surface area (TPSA) is 12.0 Å². The summed E-state index contributed by atoms with van der Waals surface area (Å²) in [5, 5.41) is 3.68. The van der Waals surface area contributed by atoms with E-state index in [1.165, 1.54) is 32.2 Å². The molecule has 0 saturated heterocycles. The Balaban J connectivity index is 2.67. The fraction of sp³-hybridized carbons (Fsp3) is 1.00. The molecule has 19 heavy (non-hydrogen) atoms. The van der Waals surface area contributed by atoms with Crippen molar-refractivity contribution in [3.8, 4) is 0 Å². The van der Waals surface area contributed by atoms with E-state index in [0.29, 0.717) is 11.5 Å². The summed E-state index contributed by atoms with van der Waals surface area (Å²) in [6.45, 7) is 17.9. The molecule has 0 aromatic rings. The van der Waals surface area contributed by atoms with E-state index in [0.717, 1.165) is 23.7 Å². The molecule has 0 radical (unpaired) electrons. The van der Waals surface area contributed by atoms with E-state index in [-0.39, 0.29) is 0 Å². The maximum atomic E-state index is 3.68. The van der Waals surface area contributed by atoms with Gasteiger partial charge in [-0.05, 0) is 54.9 Å². The Morgan fingerprint density at radius 1 is 1.11 bits per heavy atom. The van der Waals surface area contributed by atoms with Gasteiger partial charge in [0.15, 0.2) is 0 Å². The molecule has 0 amide bonds. The van der Waals surface area contributed by atoms with Crippen molar-refractivity contribution < 1.29 is 0 Å². The van der Waals surface area contributed by atoms with Gasteiger partial charge in [-0.15, -0.1) is 0 Å². The zero-order valence-corrected chi connectivity index (χ0v) is 14.4. The van der Waals surface area contributed by atoms with Gasteiger partial charge in [-0.25, -0.2) is 0 Å². The SMILES string of the molecule is CCC(C)C1CC(C(C)(C)C)CCC1CNC(C)C. The van der Waals surface area contributed by atoms with Crippen molar-refractivity contribution in [3.63, 3.8) is 0 Å². The van der Waals surface area contributed by atoms with Crippen molar-refractivity contribution in [2.24, 2.45) is 29.1 Å². The number of rotatable bonds is 5. The van der Waals surface area contributed by atoms with Crippen LogP contribution < -0.4 is 5.32 Å². The minimum Gasteiger partial charge on any atom is -0.314 e. The van der Waals surface area contributed by atoms with Crippen molar-refractivity contribution in [3.05, 3.63) is 0 Å². The highest BCUT2D eigenvalue weighted by atomic mass is 14.9. The molecule has 0 aliphatic heterocycles. The highest BCUT2D eigenvalue weighted by molar-refractivity contribution is 4.88. The van der Waals surface area contributed by atoms with Crippen LogP contribution in [0.25, 0.3) is 0 Å². The van der Waals surface area contributed by atoms with Gasteiger partial charge < -0.3 is 5.32 Å². The molecular weight excluding hydrogens is 230 g/mol. The van der Waals surface area contributed by atoms with E-state index in [1.807, 2.05) is 0 Å². The molecule has 1 nitrogen and oxygen atoms in total. The zero-order chi connectivity index (χ0) is 14.6. The third-order valence-electron chi connectivity index (χ3n) is 5.44. The average molecular weight is 268 g/mol. The highest BCUT2D eigenvalue weighted by Gasteiger charge is 2.37. The average Bonchev–Trinajstić information content (AvgIpc) is 2.34. The first kappa shape index (κ1) is 17.0. The lowest BCUT2D eigenvalue weighted by Gasteiger charge is -2.44. The Morgan fingerprint density at radius 2 is 1.74 bits per heavy atom. The monoisotopic (exact) mass is 267 g/mol. The van der Waals surface area contributed by atoms with E-state index in [2.05, 4.69) is 53.8 Å². The van der Waals surface area contributed by atoms with Gasteiger partial charge in [0.25, 0.3) is 0 Å². The molecule has 114 valence electrons. The van der Waals surface area contributed by atoms with E-state index in [9.17, 15) is 0 Å². The van der Waals surface area contributed by atoms with Gasteiger partial charge in [-0.2, -0.15) is 0 Å². The van der Waals surface area contributed by atoms with Gasteiger partial charge in [0.05, 0.1) is 0 Å². The molecule has 0 bridgehead atoms. The predicted molar refractivity (Wildman–Crippen MR) is 86.4 cm³/mol. The standard InChI is InChI=1S/C18H37N/c1-8-14(4)17-11-16(18(5,6)7)10-9-15(17)12-19-13(2)3/h13-17,19H,8-12H2,1-7H3. The second-order valence-corrected chi connectivity index (χ2v) is 8.25. The summed E-state index contributed by atoms with van der Waals surface area (Å²) < 4.78 is 0. The smallest absolute Gasteiger partial charge is 0.00104 e. The molecule has 0 spiro atoms. The Labute approximate surface area is 121 Å². The molecule has 1 aliphatic carbocycles. The van der Waals surface area contributed by atoms with E-state index in [1.54, 1.807) is 0 Å². The summed E-state index contributed by atoms with van der Waals surface area (Å²) in [6, 6.07) is 0.623. The summed E-state index contributed by atoms with van der Waals surface area (Å²) in [7, 11) is 0. The molecular formula is C18H37N. The first-order valence-electron chi connectivity index (χ1n) is 8.49. The summed E-state index contributed by atoms with van der Waals surface area (Å²) in [6.07, 6.45) is 5.64. The van der Waals surface area contributed by atoms with Crippen LogP contribution in [-0.4, -0.2) is 12.6 Å². The Hall–Kier alpha value is -0.0400. The molecule has 1 rings (SSSR count). The minimum absolute atomic E-state index is 0.488. The van der Waals surface area contributed by atoms with Crippen LogP contribution in [0.4, 0.5) is 0 Å². The zero-order valence-electron chi connectivity index (χ0n) is 14.4. The van der Waals surface area contributed by atoms with E-state index < -0.39 is 0 Å². The van der Waals surface area contributed by atoms with Gasteiger partial charge in [0.2, 0.25) is 0 Å². The molecule has 0 aromatic heterocycles.